The highest BCUT2D eigenvalue weighted by Gasteiger charge is 2.33. The van der Waals surface area contributed by atoms with Gasteiger partial charge in [-0.1, -0.05) is 23.7 Å². The van der Waals surface area contributed by atoms with Crippen molar-refractivity contribution in [2.24, 2.45) is 0 Å². The maximum atomic E-state index is 12.3. The molecule has 2 aromatic rings. The summed E-state index contributed by atoms with van der Waals surface area (Å²) in [5, 5.41) is 9.93. The number of nitrogens with zero attached hydrogens (tertiary/aromatic N) is 3. The van der Waals surface area contributed by atoms with Crippen molar-refractivity contribution in [3.63, 3.8) is 0 Å². The molecule has 0 fully saturated rings. The van der Waals surface area contributed by atoms with Gasteiger partial charge in [-0.3, -0.25) is 0 Å². The molecule has 8 nitrogen and oxygen atoms in total. The average molecular weight is 348 g/mol. The molecular weight excluding hydrogens is 334 g/mol. The lowest BCUT2D eigenvalue weighted by Crippen LogP contribution is -2.46. The first-order valence-electron chi connectivity index (χ1n) is 7.05. The number of benzene rings is 1. The zero-order chi connectivity index (χ0) is 17.1. The van der Waals surface area contributed by atoms with Gasteiger partial charge in [-0.2, -0.15) is 5.10 Å². The number of hydrogen-bond donors (Lipinski definition) is 2. The number of ether oxygens (including phenoxy) is 1. The van der Waals surface area contributed by atoms with Crippen LogP contribution in [0, 0.1) is 0 Å². The van der Waals surface area contributed by atoms with Crippen molar-refractivity contribution in [3.05, 3.63) is 58.8 Å². The predicted octanol–water partition coefficient (Wildman–Crippen LogP) is 1.41. The summed E-state index contributed by atoms with van der Waals surface area (Å²) >= 11 is 5.91. The van der Waals surface area contributed by atoms with Crippen LogP contribution in [0.15, 0.2) is 48.2 Å². The Morgan fingerprint density at radius 3 is 2.75 bits per heavy atom. The quantitative estimate of drug-likeness (QED) is 0.815. The van der Waals surface area contributed by atoms with Crippen molar-refractivity contribution in [2.45, 2.75) is 12.6 Å². The van der Waals surface area contributed by atoms with E-state index in [-0.39, 0.29) is 6.54 Å². The molecule has 2 heterocycles. The van der Waals surface area contributed by atoms with Crippen LogP contribution in [0.25, 0.3) is 0 Å². The molecule has 0 saturated heterocycles. The number of allylic oxidation sites excluding steroid dienone is 1. The van der Waals surface area contributed by atoms with E-state index >= 15 is 0 Å². The van der Waals surface area contributed by atoms with Gasteiger partial charge in [-0.15, -0.1) is 0 Å². The van der Waals surface area contributed by atoms with E-state index in [1.54, 1.807) is 24.3 Å². The molecule has 0 spiro atoms. The van der Waals surface area contributed by atoms with E-state index in [9.17, 15) is 9.59 Å². The van der Waals surface area contributed by atoms with Crippen LogP contribution in [0.3, 0.4) is 0 Å². The standard InChI is InChI=1S/C15H14ClN5O3/c1-24-14(22)12-11(6-21-8-17-7-18-21)19-15(23)20-13(12)9-2-4-10(16)5-3-9/h2-5,7-8,13H,6H2,1H3,(H2,19,20,23)/t13-/m0/s1. The number of hydrogen-bond acceptors (Lipinski definition) is 5. The van der Waals surface area contributed by atoms with Crippen molar-refractivity contribution in [1.82, 2.24) is 25.4 Å². The van der Waals surface area contributed by atoms with E-state index in [0.29, 0.717) is 21.9 Å². The van der Waals surface area contributed by atoms with Crippen LogP contribution >= 0.6 is 11.6 Å². The molecule has 9 heteroatoms. The van der Waals surface area contributed by atoms with Gasteiger partial charge in [0.05, 0.1) is 31.0 Å². The molecule has 3 rings (SSSR count). The van der Waals surface area contributed by atoms with Crippen molar-refractivity contribution < 1.29 is 14.3 Å². The van der Waals surface area contributed by atoms with Crippen molar-refractivity contribution in [2.75, 3.05) is 7.11 Å². The molecule has 1 aliphatic heterocycles. The number of carbonyl (C=O) groups is 2. The topological polar surface area (TPSA) is 98.1 Å². The van der Waals surface area contributed by atoms with Crippen LogP contribution in [-0.4, -0.2) is 33.9 Å². The maximum Gasteiger partial charge on any atom is 0.338 e. The van der Waals surface area contributed by atoms with E-state index in [0.717, 1.165) is 0 Å². The normalized spacial score (nSPS) is 17.2. The van der Waals surface area contributed by atoms with Crippen LogP contribution < -0.4 is 10.6 Å². The van der Waals surface area contributed by atoms with Crippen molar-refractivity contribution >= 4 is 23.6 Å². The van der Waals surface area contributed by atoms with Crippen LogP contribution in [0.2, 0.25) is 5.02 Å². The molecule has 1 aromatic carbocycles. The van der Waals surface area contributed by atoms with Gasteiger partial charge in [-0.25, -0.2) is 19.3 Å². The second-order valence-electron chi connectivity index (χ2n) is 5.06. The van der Waals surface area contributed by atoms with Crippen molar-refractivity contribution in [1.29, 1.82) is 0 Å². The molecule has 0 unspecified atom stereocenters. The van der Waals surface area contributed by atoms with Gasteiger partial charge in [0.1, 0.15) is 12.7 Å². The Balaban J connectivity index is 2.06. The van der Waals surface area contributed by atoms with E-state index in [2.05, 4.69) is 20.7 Å². The summed E-state index contributed by atoms with van der Waals surface area (Å²) in [6.07, 6.45) is 2.87. The minimum atomic E-state index is -0.651. The monoisotopic (exact) mass is 347 g/mol. The Hall–Kier alpha value is -2.87. The minimum Gasteiger partial charge on any atom is -0.466 e. The van der Waals surface area contributed by atoms with Crippen LogP contribution in [0.5, 0.6) is 0 Å². The largest absolute Gasteiger partial charge is 0.466 e. The Kier molecular flexibility index (Phi) is 4.48. The lowest BCUT2D eigenvalue weighted by atomic mass is 9.95. The van der Waals surface area contributed by atoms with Gasteiger partial charge in [0.25, 0.3) is 0 Å². The second kappa shape index (κ2) is 6.71. The third-order valence-electron chi connectivity index (χ3n) is 3.55. The molecule has 124 valence electrons. The smallest absolute Gasteiger partial charge is 0.338 e. The Morgan fingerprint density at radius 1 is 1.38 bits per heavy atom. The molecule has 0 saturated carbocycles. The summed E-state index contributed by atoms with van der Waals surface area (Å²) in [6, 6.07) is 5.80. The highest BCUT2D eigenvalue weighted by atomic mass is 35.5. The summed E-state index contributed by atoms with van der Waals surface area (Å²) < 4.78 is 6.39. The molecule has 0 aliphatic carbocycles. The number of rotatable bonds is 4. The fourth-order valence-corrected chi connectivity index (χ4v) is 2.60. The molecule has 1 aliphatic rings. The molecule has 2 amide bonds. The lowest BCUT2D eigenvalue weighted by Gasteiger charge is -2.29. The summed E-state index contributed by atoms with van der Waals surface area (Å²) in [6.45, 7) is 0.182. The SMILES string of the molecule is COC(=O)C1=C(Cn2cncn2)NC(=O)N[C@H]1c1ccc(Cl)cc1. The number of aromatic nitrogens is 3. The van der Waals surface area contributed by atoms with Crippen LogP contribution in [-0.2, 0) is 16.1 Å². The van der Waals surface area contributed by atoms with E-state index < -0.39 is 18.0 Å². The summed E-state index contributed by atoms with van der Waals surface area (Å²) in [4.78, 5) is 28.2. The number of amides is 2. The Bertz CT molecular complexity index is 786. The Labute approximate surface area is 142 Å². The van der Waals surface area contributed by atoms with Gasteiger partial charge in [-0.05, 0) is 17.7 Å². The minimum absolute atomic E-state index is 0.182. The summed E-state index contributed by atoms with van der Waals surface area (Å²) in [7, 11) is 1.29. The van der Waals surface area contributed by atoms with Gasteiger partial charge in [0, 0.05) is 5.02 Å². The van der Waals surface area contributed by atoms with Gasteiger partial charge >= 0.3 is 12.0 Å². The third-order valence-corrected chi connectivity index (χ3v) is 3.80. The fraction of sp³-hybridized carbons (Fsp3) is 0.200. The first-order valence-corrected chi connectivity index (χ1v) is 7.43. The molecule has 1 aromatic heterocycles. The summed E-state index contributed by atoms with van der Waals surface area (Å²) in [5.41, 5.74) is 1.41. The highest BCUT2D eigenvalue weighted by Crippen LogP contribution is 2.28. The number of nitrogens with one attached hydrogen (secondary N) is 2. The number of halogens is 1. The van der Waals surface area contributed by atoms with Gasteiger partial charge in [0.2, 0.25) is 0 Å². The van der Waals surface area contributed by atoms with Gasteiger partial charge in [0.15, 0.2) is 0 Å². The second-order valence-corrected chi connectivity index (χ2v) is 5.50. The zero-order valence-electron chi connectivity index (χ0n) is 12.7. The van der Waals surface area contributed by atoms with E-state index in [1.165, 1.54) is 24.4 Å². The molecule has 2 N–H and O–H groups in total. The first-order chi connectivity index (χ1) is 11.6. The Morgan fingerprint density at radius 2 is 2.12 bits per heavy atom. The number of urea groups is 1. The van der Waals surface area contributed by atoms with Crippen LogP contribution in [0.1, 0.15) is 11.6 Å². The third kappa shape index (κ3) is 3.23. The van der Waals surface area contributed by atoms with E-state index in [1.807, 2.05) is 0 Å². The molecule has 0 radical (unpaired) electrons. The van der Waals surface area contributed by atoms with E-state index in [4.69, 9.17) is 16.3 Å². The number of carbonyl (C=O) groups excluding carboxylic acids is 2. The molecular formula is C15H14ClN5O3. The lowest BCUT2D eigenvalue weighted by molar-refractivity contribution is -0.136. The highest BCUT2D eigenvalue weighted by molar-refractivity contribution is 6.30. The number of esters is 1. The molecule has 0 bridgehead atoms. The predicted molar refractivity (Wildman–Crippen MR) is 84.9 cm³/mol. The molecule has 24 heavy (non-hydrogen) atoms. The zero-order valence-corrected chi connectivity index (χ0v) is 13.4. The first kappa shape index (κ1) is 16.0. The summed E-state index contributed by atoms with van der Waals surface area (Å²) in [5.74, 6) is -0.544. The van der Waals surface area contributed by atoms with Gasteiger partial charge < -0.3 is 15.4 Å². The van der Waals surface area contributed by atoms with Crippen molar-refractivity contribution in [3.8, 4) is 0 Å². The number of methoxy groups -OCH3 is 1. The average Bonchev–Trinajstić information content (AvgIpc) is 3.07. The maximum absolute atomic E-state index is 12.3. The van der Waals surface area contributed by atoms with Crippen LogP contribution in [0.4, 0.5) is 4.79 Å². The molecule has 1 atom stereocenters. The fourth-order valence-electron chi connectivity index (χ4n) is 2.48.